The quantitative estimate of drug-likeness (QED) is 0.784. The molecule has 0 amide bonds. The van der Waals surface area contributed by atoms with Crippen LogP contribution in [-0.2, 0) is 0 Å². The highest BCUT2D eigenvalue weighted by Gasteiger charge is 2.25. The maximum atomic E-state index is 6.00. The van der Waals surface area contributed by atoms with Crippen molar-refractivity contribution in [2.24, 2.45) is 0 Å². The van der Waals surface area contributed by atoms with Gasteiger partial charge in [-0.2, -0.15) is 10.1 Å². The SMILES string of the molecule is COc1ccccc1[C@@H]1C=C(c2ccc(Cl)cc2)Nc2ncnn21. The Bertz CT molecular complexity index is 901. The first-order valence-corrected chi connectivity index (χ1v) is 7.91. The lowest BCUT2D eigenvalue weighted by atomic mass is 10.0. The van der Waals surface area contributed by atoms with E-state index in [-0.39, 0.29) is 6.04 Å². The summed E-state index contributed by atoms with van der Waals surface area (Å²) in [6.45, 7) is 0. The van der Waals surface area contributed by atoms with Crippen molar-refractivity contribution in [1.29, 1.82) is 0 Å². The first kappa shape index (κ1) is 14.8. The summed E-state index contributed by atoms with van der Waals surface area (Å²) in [4.78, 5) is 4.31. The Labute approximate surface area is 144 Å². The summed E-state index contributed by atoms with van der Waals surface area (Å²) in [7, 11) is 1.67. The van der Waals surface area contributed by atoms with Gasteiger partial charge in [0.15, 0.2) is 0 Å². The molecule has 0 saturated carbocycles. The molecule has 2 heterocycles. The predicted molar refractivity (Wildman–Crippen MR) is 94.2 cm³/mol. The number of halogens is 1. The second kappa shape index (κ2) is 6.02. The molecule has 1 aromatic heterocycles. The third-order valence-electron chi connectivity index (χ3n) is 4.02. The van der Waals surface area contributed by atoms with E-state index in [1.54, 1.807) is 13.4 Å². The van der Waals surface area contributed by atoms with E-state index < -0.39 is 0 Å². The highest BCUT2D eigenvalue weighted by molar-refractivity contribution is 6.30. The predicted octanol–water partition coefficient (Wildman–Crippen LogP) is 4.00. The highest BCUT2D eigenvalue weighted by Crippen LogP contribution is 2.35. The van der Waals surface area contributed by atoms with Gasteiger partial charge in [0.25, 0.3) is 0 Å². The molecule has 1 atom stereocenters. The molecule has 24 heavy (non-hydrogen) atoms. The molecule has 0 saturated heterocycles. The molecular weight excluding hydrogens is 324 g/mol. The standard InChI is InChI=1S/C18H15ClN4O/c1-24-17-5-3-2-4-14(17)16-10-15(12-6-8-13(19)9-7-12)22-18-20-11-21-23(16)18/h2-11,16H,1H3,(H,20,21,22)/t16-/m0/s1. The summed E-state index contributed by atoms with van der Waals surface area (Å²) in [6, 6.07) is 15.5. The van der Waals surface area contributed by atoms with Gasteiger partial charge in [0.05, 0.1) is 7.11 Å². The molecule has 0 radical (unpaired) electrons. The van der Waals surface area contributed by atoms with E-state index in [0.29, 0.717) is 11.0 Å². The molecule has 4 rings (SSSR count). The average Bonchev–Trinajstić information content (AvgIpc) is 3.10. The zero-order chi connectivity index (χ0) is 16.5. The van der Waals surface area contributed by atoms with Crippen molar-refractivity contribution < 1.29 is 4.74 Å². The van der Waals surface area contributed by atoms with Crippen molar-refractivity contribution >= 4 is 23.2 Å². The number of anilines is 1. The number of methoxy groups -OCH3 is 1. The Kier molecular flexibility index (Phi) is 3.70. The number of nitrogens with one attached hydrogen (secondary N) is 1. The second-order valence-electron chi connectivity index (χ2n) is 5.43. The minimum absolute atomic E-state index is 0.106. The molecule has 1 aliphatic heterocycles. The molecule has 120 valence electrons. The first-order valence-electron chi connectivity index (χ1n) is 7.53. The van der Waals surface area contributed by atoms with Crippen LogP contribution in [0.15, 0.2) is 60.9 Å². The molecule has 0 aliphatic carbocycles. The average molecular weight is 339 g/mol. The van der Waals surface area contributed by atoms with Crippen LogP contribution in [0.25, 0.3) is 5.70 Å². The van der Waals surface area contributed by atoms with Crippen LogP contribution in [0.5, 0.6) is 5.75 Å². The van der Waals surface area contributed by atoms with Crippen LogP contribution in [-0.4, -0.2) is 21.9 Å². The van der Waals surface area contributed by atoms with E-state index in [4.69, 9.17) is 16.3 Å². The molecule has 5 nitrogen and oxygen atoms in total. The molecule has 0 fully saturated rings. The molecule has 2 aromatic carbocycles. The fourth-order valence-electron chi connectivity index (χ4n) is 2.86. The third kappa shape index (κ3) is 2.53. The van der Waals surface area contributed by atoms with E-state index in [9.17, 15) is 0 Å². The van der Waals surface area contributed by atoms with Crippen LogP contribution in [0.2, 0.25) is 5.02 Å². The van der Waals surface area contributed by atoms with Crippen molar-refractivity contribution in [2.75, 3.05) is 12.4 Å². The first-order chi connectivity index (χ1) is 11.8. The molecule has 0 bridgehead atoms. The van der Waals surface area contributed by atoms with Gasteiger partial charge in [-0.15, -0.1) is 0 Å². The van der Waals surface area contributed by atoms with Gasteiger partial charge in [0, 0.05) is 16.3 Å². The van der Waals surface area contributed by atoms with Gasteiger partial charge >= 0.3 is 0 Å². The zero-order valence-corrected chi connectivity index (χ0v) is 13.7. The molecule has 6 heteroatoms. The Balaban J connectivity index is 1.83. The van der Waals surface area contributed by atoms with Crippen molar-refractivity contribution in [1.82, 2.24) is 14.8 Å². The normalized spacial score (nSPS) is 16.1. The smallest absolute Gasteiger partial charge is 0.226 e. The number of para-hydroxylation sites is 1. The lowest BCUT2D eigenvalue weighted by molar-refractivity contribution is 0.404. The number of fused-ring (bicyclic) bond motifs is 1. The van der Waals surface area contributed by atoms with Crippen LogP contribution < -0.4 is 10.1 Å². The van der Waals surface area contributed by atoms with Gasteiger partial charge in [-0.25, -0.2) is 4.68 Å². The summed E-state index contributed by atoms with van der Waals surface area (Å²) < 4.78 is 7.36. The minimum Gasteiger partial charge on any atom is -0.496 e. The van der Waals surface area contributed by atoms with E-state index in [2.05, 4.69) is 21.5 Å². The van der Waals surface area contributed by atoms with Crippen LogP contribution >= 0.6 is 11.6 Å². The van der Waals surface area contributed by atoms with Gasteiger partial charge < -0.3 is 10.1 Å². The van der Waals surface area contributed by atoms with E-state index >= 15 is 0 Å². The van der Waals surface area contributed by atoms with Crippen molar-refractivity contribution in [3.05, 3.63) is 77.1 Å². The topological polar surface area (TPSA) is 52.0 Å². The summed E-state index contributed by atoms with van der Waals surface area (Å²) in [6.07, 6.45) is 3.66. The molecule has 3 aromatic rings. The summed E-state index contributed by atoms with van der Waals surface area (Å²) in [5.74, 6) is 1.51. The Morgan fingerprint density at radius 1 is 1.12 bits per heavy atom. The zero-order valence-electron chi connectivity index (χ0n) is 13.0. The number of rotatable bonds is 3. The van der Waals surface area contributed by atoms with E-state index in [1.165, 1.54) is 0 Å². The summed E-state index contributed by atoms with van der Waals surface area (Å²) in [5, 5.41) is 8.38. The van der Waals surface area contributed by atoms with Crippen molar-refractivity contribution in [3.8, 4) is 5.75 Å². The summed E-state index contributed by atoms with van der Waals surface area (Å²) >= 11 is 6.00. The Morgan fingerprint density at radius 3 is 2.71 bits per heavy atom. The van der Waals surface area contributed by atoms with Crippen LogP contribution in [0.1, 0.15) is 17.2 Å². The third-order valence-corrected chi connectivity index (χ3v) is 4.27. The highest BCUT2D eigenvalue weighted by atomic mass is 35.5. The largest absolute Gasteiger partial charge is 0.496 e. The maximum absolute atomic E-state index is 6.00. The fraction of sp³-hybridized carbons (Fsp3) is 0.111. The monoisotopic (exact) mass is 338 g/mol. The van der Waals surface area contributed by atoms with E-state index in [1.807, 2.05) is 53.2 Å². The van der Waals surface area contributed by atoms with Crippen molar-refractivity contribution in [3.63, 3.8) is 0 Å². The minimum atomic E-state index is -0.106. The van der Waals surface area contributed by atoms with Crippen LogP contribution in [0.4, 0.5) is 5.95 Å². The Hall–Kier alpha value is -2.79. The van der Waals surface area contributed by atoms with Gasteiger partial charge in [-0.1, -0.05) is 41.9 Å². The molecule has 1 N–H and O–H groups in total. The van der Waals surface area contributed by atoms with Gasteiger partial charge in [0.2, 0.25) is 5.95 Å². The molecule has 0 spiro atoms. The van der Waals surface area contributed by atoms with Gasteiger partial charge in [-0.05, 0) is 29.8 Å². The lowest BCUT2D eigenvalue weighted by Crippen LogP contribution is -2.20. The van der Waals surface area contributed by atoms with Crippen LogP contribution in [0.3, 0.4) is 0 Å². The van der Waals surface area contributed by atoms with Crippen LogP contribution in [0, 0.1) is 0 Å². The number of ether oxygens (including phenoxy) is 1. The Morgan fingerprint density at radius 2 is 1.92 bits per heavy atom. The number of nitrogens with zero attached hydrogens (tertiary/aromatic N) is 3. The van der Waals surface area contributed by atoms with E-state index in [0.717, 1.165) is 22.6 Å². The number of aromatic nitrogens is 3. The van der Waals surface area contributed by atoms with Crippen molar-refractivity contribution in [2.45, 2.75) is 6.04 Å². The fourth-order valence-corrected chi connectivity index (χ4v) is 2.99. The maximum Gasteiger partial charge on any atom is 0.226 e. The lowest BCUT2D eigenvalue weighted by Gasteiger charge is -2.25. The summed E-state index contributed by atoms with van der Waals surface area (Å²) in [5.41, 5.74) is 3.02. The number of allylic oxidation sites excluding steroid dienone is 1. The van der Waals surface area contributed by atoms with Gasteiger partial charge in [0.1, 0.15) is 18.1 Å². The number of benzene rings is 2. The van der Waals surface area contributed by atoms with Gasteiger partial charge in [-0.3, -0.25) is 0 Å². The second-order valence-corrected chi connectivity index (χ2v) is 5.86. The molecular formula is C18H15ClN4O. The number of hydrogen-bond donors (Lipinski definition) is 1. The molecule has 0 unspecified atom stereocenters. The number of hydrogen-bond acceptors (Lipinski definition) is 4. The molecule has 1 aliphatic rings.